The molecule has 1 saturated carbocycles. The molecular formula is C9H13N3. The van der Waals surface area contributed by atoms with E-state index >= 15 is 0 Å². The van der Waals surface area contributed by atoms with E-state index in [1.807, 2.05) is 0 Å². The number of nitrogens with one attached hydrogen (secondary N) is 1. The van der Waals surface area contributed by atoms with E-state index in [9.17, 15) is 0 Å². The van der Waals surface area contributed by atoms with Crippen molar-refractivity contribution >= 4 is 5.82 Å². The lowest BCUT2D eigenvalue weighted by atomic mass is 10.3. The predicted octanol–water partition coefficient (Wildman–Crippen LogP) is 1.79. The normalized spacial score (nSPS) is 16.1. The number of anilines is 1. The summed E-state index contributed by atoms with van der Waals surface area (Å²) < 4.78 is 0. The number of hydrogen-bond donors (Lipinski definition) is 1. The lowest BCUT2D eigenvalue weighted by molar-refractivity contribution is 0.981. The SMILES string of the molecule is CCNc1cc(C2CC2)ncn1. The van der Waals surface area contributed by atoms with Gasteiger partial charge in [0, 0.05) is 24.2 Å². The third-order valence-corrected chi connectivity index (χ3v) is 2.04. The molecule has 1 aromatic rings. The Balaban J connectivity index is 2.15. The average Bonchev–Trinajstić information content (AvgIpc) is 2.88. The Kier molecular flexibility index (Phi) is 1.94. The maximum atomic E-state index is 4.23. The molecule has 0 aliphatic heterocycles. The molecule has 12 heavy (non-hydrogen) atoms. The second-order valence-corrected chi connectivity index (χ2v) is 3.13. The fourth-order valence-electron chi connectivity index (χ4n) is 1.25. The molecular weight excluding hydrogens is 150 g/mol. The fraction of sp³-hybridized carbons (Fsp3) is 0.556. The fourth-order valence-corrected chi connectivity index (χ4v) is 1.25. The highest BCUT2D eigenvalue weighted by molar-refractivity contribution is 5.36. The summed E-state index contributed by atoms with van der Waals surface area (Å²) >= 11 is 0. The van der Waals surface area contributed by atoms with Crippen molar-refractivity contribution in [1.82, 2.24) is 9.97 Å². The topological polar surface area (TPSA) is 37.8 Å². The van der Waals surface area contributed by atoms with Crippen LogP contribution in [0.25, 0.3) is 0 Å². The smallest absolute Gasteiger partial charge is 0.129 e. The molecule has 0 atom stereocenters. The Bertz CT molecular complexity index is 268. The van der Waals surface area contributed by atoms with E-state index < -0.39 is 0 Å². The number of hydrogen-bond acceptors (Lipinski definition) is 3. The molecule has 1 aliphatic carbocycles. The van der Waals surface area contributed by atoms with Crippen LogP contribution in [0.3, 0.4) is 0 Å². The summed E-state index contributed by atoms with van der Waals surface area (Å²) in [5, 5.41) is 3.18. The molecule has 0 bridgehead atoms. The Labute approximate surface area is 72.2 Å². The molecule has 1 heterocycles. The highest BCUT2D eigenvalue weighted by atomic mass is 15.0. The first-order chi connectivity index (χ1) is 5.90. The molecule has 1 N–H and O–H groups in total. The molecule has 64 valence electrons. The van der Waals surface area contributed by atoms with Crippen LogP contribution < -0.4 is 5.32 Å². The molecule has 1 aromatic heterocycles. The first kappa shape index (κ1) is 7.53. The van der Waals surface area contributed by atoms with E-state index in [4.69, 9.17) is 0 Å². The van der Waals surface area contributed by atoms with Gasteiger partial charge >= 0.3 is 0 Å². The van der Waals surface area contributed by atoms with Gasteiger partial charge in [-0.05, 0) is 19.8 Å². The monoisotopic (exact) mass is 163 g/mol. The van der Waals surface area contributed by atoms with Gasteiger partial charge in [0.1, 0.15) is 12.1 Å². The van der Waals surface area contributed by atoms with E-state index in [1.165, 1.54) is 18.5 Å². The summed E-state index contributed by atoms with van der Waals surface area (Å²) in [6.07, 6.45) is 4.23. The van der Waals surface area contributed by atoms with Gasteiger partial charge in [-0.2, -0.15) is 0 Å². The van der Waals surface area contributed by atoms with E-state index in [0.29, 0.717) is 5.92 Å². The van der Waals surface area contributed by atoms with Crippen molar-refractivity contribution in [3.8, 4) is 0 Å². The van der Waals surface area contributed by atoms with Gasteiger partial charge in [0.25, 0.3) is 0 Å². The Hall–Kier alpha value is -1.12. The van der Waals surface area contributed by atoms with Crippen molar-refractivity contribution in [1.29, 1.82) is 0 Å². The minimum Gasteiger partial charge on any atom is -0.370 e. The zero-order valence-corrected chi connectivity index (χ0v) is 7.25. The Morgan fingerprint density at radius 2 is 2.33 bits per heavy atom. The van der Waals surface area contributed by atoms with Crippen molar-refractivity contribution in [3.05, 3.63) is 18.1 Å². The molecule has 0 saturated heterocycles. The van der Waals surface area contributed by atoms with Crippen LogP contribution in [0.1, 0.15) is 31.4 Å². The van der Waals surface area contributed by atoms with Gasteiger partial charge in [-0.3, -0.25) is 0 Å². The maximum absolute atomic E-state index is 4.23. The highest BCUT2D eigenvalue weighted by Gasteiger charge is 2.24. The first-order valence-electron chi connectivity index (χ1n) is 4.46. The average molecular weight is 163 g/mol. The van der Waals surface area contributed by atoms with Crippen LogP contribution in [-0.4, -0.2) is 16.5 Å². The van der Waals surface area contributed by atoms with Gasteiger partial charge in [-0.25, -0.2) is 9.97 Å². The van der Waals surface area contributed by atoms with Crippen LogP contribution in [0.5, 0.6) is 0 Å². The van der Waals surface area contributed by atoms with Crippen LogP contribution in [0.15, 0.2) is 12.4 Å². The molecule has 0 aromatic carbocycles. The van der Waals surface area contributed by atoms with Crippen molar-refractivity contribution < 1.29 is 0 Å². The number of aromatic nitrogens is 2. The van der Waals surface area contributed by atoms with Crippen molar-refractivity contribution in [2.45, 2.75) is 25.7 Å². The van der Waals surface area contributed by atoms with Crippen LogP contribution in [0, 0.1) is 0 Å². The molecule has 2 rings (SSSR count). The van der Waals surface area contributed by atoms with Crippen LogP contribution in [0.2, 0.25) is 0 Å². The van der Waals surface area contributed by atoms with Gasteiger partial charge < -0.3 is 5.32 Å². The quantitative estimate of drug-likeness (QED) is 0.738. The molecule has 3 heteroatoms. The van der Waals surface area contributed by atoms with E-state index in [-0.39, 0.29) is 0 Å². The van der Waals surface area contributed by atoms with Gasteiger partial charge in [-0.15, -0.1) is 0 Å². The van der Waals surface area contributed by atoms with Crippen LogP contribution in [-0.2, 0) is 0 Å². The zero-order valence-electron chi connectivity index (χ0n) is 7.25. The summed E-state index contributed by atoms with van der Waals surface area (Å²) in [5.74, 6) is 1.67. The largest absolute Gasteiger partial charge is 0.370 e. The van der Waals surface area contributed by atoms with Gasteiger partial charge in [0.15, 0.2) is 0 Å². The summed E-state index contributed by atoms with van der Waals surface area (Å²) in [6.45, 7) is 2.99. The molecule has 0 radical (unpaired) electrons. The van der Waals surface area contributed by atoms with E-state index in [1.54, 1.807) is 6.33 Å². The Morgan fingerprint density at radius 1 is 1.50 bits per heavy atom. The van der Waals surface area contributed by atoms with E-state index in [2.05, 4.69) is 28.3 Å². The summed E-state index contributed by atoms with van der Waals surface area (Å²) in [4.78, 5) is 8.35. The molecule has 0 amide bonds. The molecule has 1 fully saturated rings. The zero-order chi connectivity index (χ0) is 8.39. The Morgan fingerprint density at radius 3 is 3.00 bits per heavy atom. The highest BCUT2D eigenvalue weighted by Crippen LogP contribution is 2.39. The third kappa shape index (κ3) is 1.55. The third-order valence-electron chi connectivity index (χ3n) is 2.04. The van der Waals surface area contributed by atoms with Crippen molar-refractivity contribution in [2.24, 2.45) is 0 Å². The van der Waals surface area contributed by atoms with Gasteiger partial charge in [-0.1, -0.05) is 0 Å². The van der Waals surface area contributed by atoms with Crippen molar-refractivity contribution in [2.75, 3.05) is 11.9 Å². The van der Waals surface area contributed by atoms with E-state index in [0.717, 1.165) is 12.4 Å². The molecule has 1 aliphatic rings. The molecule has 0 unspecified atom stereocenters. The van der Waals surface area contributed by atoms with Crippen LogP contribution >= 0.6 is 0 Å². The van der Waals surface area contributed by atoms with Crippen LogP contribution in [0.4, 0.5) is 5.82 Å². The number of nitrogens with zero attached hydrogens (tertiary/aromatic N) is 2. The van der Waals surface area contributed by atoms with Crippen molar-refractivity contribution in [3.63, 3.8) is 0 Å². The second kappa shape index (κ2) is 3.09. The lowest BCUT2D eigenvalue weighted by Crippen LogP contribution is -2.00. The first-order valence-corrected chi connectivity index (χ1v) is 4.46. The standard InChI is InChI=1S/C9H13N3/c1-2-10-9-5-8(7-3-4-7)11-6-12-9/h5-7H,2-4H2,1H3,(H,10,11,12). The summed E-state index contributed by atoms with van der Waals surface area (Å²) in [5.41, 5.74) is 1.20. The maximum Gasteiger partial charge on any atom is 0.129 e. The lowest BCUT2D eigenvalue weighted by Gasteiger charge is -2.02. The number of rotatable bonds is 3. The minimum atomic E-state index is 0.713. The molecule has 0 spiro atoms. The molecule has 3 nitrogen and oxygen atoms in total. The second-order valence-electron chi connectivity index (χ2n) is 3.13. The summed E-state index contributed by atoms with van der Waals surface area (Å²) in [6, 6.07) is 2.06. The van der Waals surface area contributed by atoms with Gasteiger partial charge in [0.2, 0.25) is 0 Å². The minimum absolute atomic E-state index is 0.713. The predicted molar refractivity (Wildman–Crippen MR) is 48.2 cm³/mol. The summed E-state index contributed by atoms with van der Waals surface area (Å²) in [7, 11) is 0. The van der Waals surface area contributed by atoms with Gasteiger partial charge in [0.05, 0.1) is 0 Å².